The molecule has 0 fully saturated rings. The van der Waals surface area contributed by atoms with Crippen LogP contribution in [0.25, 0.3) is 22.3 Å². The van der Waals surface area contributed by atoms with Crippen LogP contribution in [0.2, 0.25) is 0 Å². The fourth-order valence-electron chi connectivity index (χ4n) is 2.63. The number of benzene rings is 3. The minimum absolute atomic E-state index is 0.466. The number of nitrogen functional groups attached to an aromatic ring is 2. The van der Waals surface area contributed by atoms with Crippen molar-refractivity contribution in [3.63, 3.8) is 0 Å². The number of nitrogens with two attached hydrogens (primary N) is 3. The highest BCUT2D eigenvalue weighted by molar-refractivity contribution is 6.02. The molecule has 4 heteroatoms. The third-order valence-electron chi connectivity index (χ3n) is 3.75. The summed E-state index contributed by atoms with van der Waals surface area (Å²) >= 11 is 0. The normalized spacial score (nSPS) is 10.4. The second-order valence-electron chi connectivity index (χ2n) is 5.34. The van der Waals surface area contributed by atoms with Gasteiger partial charge in [0.05, 0.1) is 0 Å². The number of primary amides is 1. The van der Waals surface area contributed by atoms with Gasteiger partial charge in [-0.15, -0.1) is 0 Å². The zero-order chi connectivity index (χ0) is 16.4. The van der Waals surface area contributed by atoms with Gasteiger partial charge in [0.1, 0.15) is 0 Å². The Bertz CT molecular complexity index is 870. The summed E-state index contributed by atoms with van der Waals surface area (Å²) in [6, 6.07) is 20.4. The molecule has 0 aliphatic heterocycles. The average Bonchev–Trinajstić information content (AvgIpc) is 2.56. The first-order chi connectivity index (χ1) is 11.1. The monoisotopic (exact) mass is 303 g/mol. The largest absolute Gasteiger partial charge is 0.399 e. The van der Waals surface area contributed by atoms with E-state index in [0.717, 1.165) is 22.3 Å². The van der Waals surface area contributed by atoms with Crippen molar-refractivity contribution in [2.75, 3.05) is 11.5 Å². The summed E-state index contributed by atoms with van der Waals surface area (Å²) < 4.78 is 0. The molecule has 0 bridgehead atoms. The number of rotatable bonds is 3. The molecule has 0 saturated heterocycles. The van der Waals surface area contributed by atoms with Crippen LogP contribution < -0.4 is 17.2 Å². The predicted octanol–water partition coefficient (Wildman–Crippen LogP) is 3.28. The molecule has 0 heterocycles. The van der Waals surface area contributed by atoms with Crippen LogP contribution in [-0.2, 0) is 0 Å². The summed E-state index contributed by atoms with van der Waals surface area (Å²) in [6.45, 7) is 0. The third kappa shape index (κ3) is 2.87. The topological polar surface area (TPSA) is 95.1 Å². The highest BCUT2D eigenvalue weighted by Gasteiger charge is 2.14. The molecule has 0 aliphatic carbocycles. The molecule has 114 valence electrons. The average molecular weight is 303 g/mol. The Labute approximate surface area is 134 Å². The maximum Gasteiger partial charge on any atom is 0.249 e. The van der Waals surface area contributed by atoms with Crippen molar-refractivity contribution >= 4 is 17.3 Å². The van der Waals surface area contributed by atoms with Crippen molar-refractivity contribution in [1.82, 2.24) is 0 Å². The summed E-state index contributed by atoms with van der Waals surface area (Å²) in [5, 5.41) is 0. The van der Waals surface area contributed by atoms with Gasteiger partial charge in [-0.2, -0.15) is 0 Å². The van der Waals surface area contributed by atoms with Gasteiger partial charge in [0.2, 0.25) is 5.91 Å². The van der Waals surface area contributed by atoms with Crippen LogP contribution in [0, 0.1) is 0 Å². The van der Waals surface area contributed by atoms with Crippen LogP contribution in [0.15, 0.2) is 66.7 Å². The van der Waals surface area contributed by atoms with Gasteiger partial charge >= 0.3 is 0 Å². The number of amides is 1. The first-order valence-electron chi connectivity index (χ1n) is 7.21. The van der Waals surface area contributed by atoms with Gasteiger partial charge < -0.3 is 17.2 Å². The molecular weight excluding hydrogens is 286 g/mol. The SMILES string of the molecule is NC(=O)c1ccccc1-c1cc(N)ccc1-c1ccc(N)cc1. The Morgan fingerprint density at radius 1 is 0.696 bits per heavy atom. The van der Waals surface area contributed by atoms with Crippen LogP contribution >= 0.6 is 0 Å². The van der Waals surface area contributed by atoms with Gasteiger partial charge in [0.15, 0.2) is 0 Å². The summed E-state index contributed by atoms with van der Waals surface area (Å²) in [5.41, 5.74) is 22.6. The Morgan fingerprint density at radius 2 is 1.35 bits per heavy atom. The van der Waals surface area contributed by atoms with Gasteiger partial charge in [0, 0.05) is 16.9 Å². The van der Waals surface area contributed by atoms with E-state index < -0.39 is 5.91 Å². The van der Waals surface area contributed by atoms with Gasteiger partial charge in [-0.05, 0) is 52.6 Å². The highest BCUT2D eigenvalue weighted by atomic mass is 16.1. The smallest absolute Gasteiger partial charge is 0.249 e. The lowest BCUT2D eigenvalue weighted by Crippen LogP contribution is -2.12. The third-order valence-corrected chi connectivity index (χ3v) is 3.75. The minimum atomic E-state index is -0.466. The van der Waals surface area contributed by atoms with Crippen LogP contribution in [-0.4, -0.2) is 5.91 Å². The van der Waals surface area contributed by atoms with Crippen molar-refractivity contribution in [1.29, 1.82) is 0 Å². The van der Waals surface area contributed by atoms with E-state index in [1.807, 2.05) is 54.6 Å². The molecule has 23 heavy (non-hydrogen) atoms. The molecular formula is C19H17N3O. The predicted molar refractivity (Wildman–Crippen MR) is 94.7 cm³/mol. The maximum atomic E-state index is 11.7. The van der Waals surface area contributed by atoms with Crippen LogP contribution in [0.3, 0.4) is 0 Å². The van der Waals surface area contributed by atoms with E-state index in [0.29, 0.717) is 16.9 Å². The zero-order valence-electron chi connectivity index (χ0n) is 12.5. The van der Waals surface area contributed by atoms with Crippen LogP contribution in [0.5, 0.6) is 0 Å². The molecule has 0 radical (unpaired) electrons. The van der Waals surface area contributed by atoms with Gasteiger partial charge in [-0.1, -0.05) is 36.4 Å². The van der Waals surface area contributed by atoms with Crippen molar-refractivity contribution < 1.29 is 4.79 Å². The lowest BCUT2D eigenvalue weighted by atomic mass is 9.91. The fraction of sp³-hybridized carbons (Fsp3) is 0. The zero-order valence-corrected chi connectivity index (χ0v) is 12.5. The van der Waals surface area contributed by atoms with Gasteiger partial charge in [-0.3, -0.25) is 4.79 Å². The van der Waals surface area contributed by atoms with Crippen molar-refractivity contribution in [3.8, 4) is 22.3 Å². The number of hydrogen-bond acceptors (Lipinski definition) is 3. The lowest BCUT2D eigenvalue weighted by molar-refractivity contribution is 0.100. The number of hydrogen-bond donors (Lipinski definition) is 3. The molecule has 1 amide bonds. The molecule has 0 aliphatic rings. The second-order valence-corrected chi connectivity index (χ2v) is 5.34. The molecule has 0 saturated carbocycles. The molecule has 6 N–H and O–H groups in total. The van der Waals surface area contributed by atoms with Crippen LogP contribution in [0.1, 0.15) is 10.4 Å². The van der Waals surface area contributed by atoms with E-state index in [1.165, 1.54) is 0 Å². The second kappa shape index (κ2) is 5.85. The molecule has 3 aromatic carbocycles. The van der Waals surface area contributed by atoms with Crippen molar-refractivity contribution in [2.45, 2.75) is 0 Å². The Morgan fingerprint density at radius 3 is 2.04 bits per heavy atom. The van der Waals surface area contributed by atoms with Crippen LogP contribution in [0.4, 0.5) is 11.4 Å². The van der Waals surface area contributed by atoms with Gasteiger partial charge in [-0.25, -0.2) is 0 Å². The summed E-state index contributed by atoms with van der Waals surface area (Å²) in [6.07, 6.45) is 0. The molecule has 4 nitrogen and oxygen atoms in total. The van der Waals surface area contributed by atoms with E-state index in [9.17, 15) is 4.79 Å². The number of carbonyl (C=O) groups is 1. The Balaban J connectivity index is 2.26. The first-order valence-corrected chi connectivity index (χ1v) is 7.21. The quantitative estimate of drug-likeness (QED) is 0.648. The van der Waals surface area contributed by atoms with Crippen molar-refractivity contribution in [3.05, 3.63) is 72.3 Å². The molecule has 0 aromatic heterocycles. The Hall–Kier alpha value is -3.27. The summed E-state index contributed by atoms with van der Waals surface area (Å²) in [7, 11) is 0. The van der Waals surface area contributed by atoms with E-state index in [2.05, 4.69) is 0 Å². The fourth-order valence-corrected chi connectivity index (χ4v) is 2.63. The van der Waals surface area contributed by atoms with E-state index in [4.69, 9.17) is 17.2 Å². The van der Waals surface area contributed by atoms with E-state index >= 15 is 0 Å². The van der Waals surface area contributed by atoms with E-state index in [-0.39, 0.29) is 0 Å². The van der Waals surface area contributed by atoms with E-state index in [1.54, 1.807) is 12.1 Å². The molecule has 0 unspecified atom stereocenters. The standard InChI is InChI=1S/C19H17N3O/c20-13-7-5-12(6-8-13)15-10-9-14(21)11-18(15)16-3-1-2-4-17(16)19(22)23/h1-11H,20-21H2,(H2,22,23). The molecule has 3 aromatic rings. The number of anilines is 2. The lowest BCUT2D eigenvalue weighted by Gasteiger charge is -2.14. The first kappa shape index (κ1) is 14.7. The molecule has 3 rings (SSSR count). The number of carbonyl (C=O) groups excluding carboxylic acids is 1. The summed E-state index contributed by atoms with van der Waals surface area (Å²) in [5.74, 6) is -0.466. The molecule has 0 spiro atoms. The highest BCUT2D eigenvalue weighted by Crippen LogP contribution is 2.35. The minimum Gasteiger partial charge on any atom is -0.399 e. The van der Waals surface area contributed by atoms with Crippen molar-refractivity contribution in [2.24, 2.45) is 5.73 Å². The summed E-state index contributed by atoms with van der Waals surface area (Å²) in [4.78, 5) is 11.7. The van der Waals surface area contributed by atoms with Gasteiger partial charge in [0.25, 0.3) is 0 Å². The maximum absolute atomic E-state index is 11.7. The Kier molecular flexibility index (Phi) is 3.73. The molecule has 0 atom stereocenters.